The molecule has 5 nitrogen and oxygen atoms in total. The zero-order valence-electron chi connectivity index (χ0n) is 11.5. The molecule has 0 saturated heterocycles. The van der Waals surface area contributed by atoms with Gasteiger partial charge in [0.25, 0.3) is 0 Å². The predicted molar refractivity (Wildman–Crippen MR) is 72.1 cm³/mol. The van der Waals surface area contributed by atoms with E-state index in [0.29, 0.717) is 12.8 Å². The number of carbonyl (C=O) groups is 1. The molecule has 0 atom stereocenters. The van der Waals surface area contributed by atoms with Gasteiger partial charge < -0.3 is 11.1 Å². The summed E-state index contributed by atoms with van der Waals surface area (Å²) in [6.07, 6.45) is 4.31. The van der Waals surface area contributed by atoms with Crippen LogP contribution >= 0.6 is 0 Å². The summed E-state index contributed by atoms with van der Waals surface area (Å²) in [5.41, 5.74) is 4.52. The molecule has 1 aliphatic rings. The lowest BCUT2D eigenvalue weighted by Crippen LogP contribution is -2.57. The van der Waals surface area contributed by atoms with Gasteiger partial charge in [0.2, 0.25) is 0 Å². The molecule has 6 heteroatoms. The second-order valence-electron chi connectivity index (χ2n) is 6.20. The topological polar surface area (TPSA) is 89.3 Å². The van der Waals surface area contributed by atoms with Crippen LogP contribution in [0.5, 0.6) is 0 Å². The summed E-state index contributed by atoms with van der Waals surface area (Å²) in [4.78, 5) is 11.1. The Labute approximate surface area is 109 Å². The lowest BCUT2D eigenvalue weighted by atomic mass is 9.83. The van der Waals surface area contributed by atoms with E-state index in [9.17, 15) is 13.2 Å². The minimum atomic E-state index is -3.27. The highest BCUT2D eigenvalue weighted by Crippen LogP contribution is 2.32. The van der Waals surface area contributed by atoms with Crippen molar-refractivity contribution in [1.29, 1.82) is 0 Å². The molecule has 1 rings (SSSR count). The monoisotopic (exact) mass is 276 g/mol. The number of sulfone groups is 1. The first kappa shape index (κ1) is 15.3. The Hall–Kier alpha value is -0.780. The average molecular weight is 276 g/mol. The molecule has 18 heavy (non-hydrogen) atoms. The minimum Gasteiger partial charge on any atom is -0.352 e. The summed E-state index contributed by atoms with van der Waals surface area (Å²) in [5, 5.41) is 2.68. The fourth-order valence-electron chi connectivity index (χ4n) is 2.38. The fourth-order valence-corrected chi connectivity index (χ4v) is 3.90. The van der Waals surface area contributed by atoms with Crippen LogP contribution in [-0.4, -0.2) is 30.5 Å². The number of carbonyl (C=O) groups excluding carboxylic acids is 1. The van der Waals surface area contributed by atoms with E-state index in [1.807, 2.05) is 0 Å². The van der Waals surface area contributed by atoms with E-state index in [4.69, 9.17) is 5.73 Å². The molecule has 0 unspecified atom stereocenters. The Morgan fingerprint density at radius 1 is 1.22 bits per heavy atom. The first-order valence-electron chi connectivity index (χ1n) is 6.38. The van der Waals surface area contributed by atoms with Crippen LogP contribution in [0.1, 0.15) is 52.9 Å². The van der Waals surface area contributed by atoms with Crippen molar-refractivity contribution in [3.8, 4) is 0 Å². The first-order chi connectivity index (χ1) is 8.08. The molecule has 3 N–H and O–H groups in total. The van der Waals surface area contributed by atoms with Crippen molar-refractivity contribution in [2.75, 3.05) is 5.75 Å². The lowest BCUT2D eigenvalue weighted by molar-refractivity contribution is 0.219. The lowest BCUT2D eigenvalue weighted by Gasteiger charge is -2.39. The number of rotatable bonds is 3. The Kier molecular flexibility index (Phi) is 4.30. The van der Waals surface area contributed by atoms with Crippen LogP contribution in [0.2, 0.25) is 0 Å². The molecule has 0 radical (unpaired) electrons. The summed E-state index contributed by atoms with van der Waals surface area (Å²) in [7, 11) is -3.27. The van der Waals surface area contributed by atoms with Crippen molar-refractivity contribution in [3.05, 3.63) is 0 Å². The van der Waals surface area contributed by atoms with E-state index in [-0.39, 0.29) is 5.75 Å². The molecule has 2 amide bonds. The molecule has 106 valence electrons. The average Bonchev–Trinajstić information content (AvgIpc) is 2.14. The van der Waals surface area contributed by atoms with E-state index >= 15 is 0 Å². The third-order valence-corrected chi connectivity index (χ3v) is 6.40. The summed E-state index contributed by atoms with van der Waals surface area (Å²) in [6, 6.07) is -0.638. The third kappa shape index (κ3) is 3.60. The van der Waals surface area contributed by atoms with Crippen molar-refractivity contribution >= 4 is 15.9 Å². The summed E-state index contributed by atoms with van der Waals surface area (Å²) < 4.78 is 23.8. The van der Waals surface area contributed by atoms with Gasteiger partial charge in [0, 0.05) is 0 Å². The van der Waals surface area contributed by atoms with Gasteiger partial charge in [-0.3, -0.25) is 0 Å². The van der Waals surface area contributed by atoms with E-state index in [1.54, 1.807) is 20.8 Å². The molecular formula is C12H24N2O3S. The maximum atomic E-state index is 12.3. The summed E-state index contributed by atoms with van der Waals surface area (Å²) in [6.45, 7) is 5.05. The Morgan fingerprint density at radius 2 is 1.72 bits per heavy atom. The highest BCUT2D eigenvalue weighted by atomic mass is 32.2. The summed E-state index contributed by atoms with van der Waals surface area (Å²) >= 11 is 0. The van der Waals surface area contributed by atoms with Crippen LogP contribution in [0.3, 0.4) is 0 Å². The van der Waals surface area contributed by atoms with Gasteiger partial charge in [-0.25, -0.2) is 13.2 Å². The number of nitrogens with one attached hydrogen (secondary N) is 1. The first-order valence-corrected chi connectivity index (χ1v) is 8.03. The molecular weight excluding hydrogens is 252 g/mol. The van der Waals surface area contributed by atoms with Crippen molar-refractivity contribution < 1.29 is 13.2 Å². The Bertz CT molecular complexity index is 404. The van der Waals surface area contributed by atoms with Gasteiger partial charge in [0.15, 0.2) is 9.84 Å². The van der Waals surface area contributed by atoms with Gasteiger partial charge in [-0.1, -0.05) is 19.3 Å². The van der Waals surface area contributed by atoms with Crippen molar-refractivity contribution in [2.24, 2.45) is 5.73 Å². The molecule has 0 aromatic heterocycles. The number of hydrogen-bond donors (Lipinski definition) is 2. The van der Waals surface area contributed by atoms with E-state index in [0.717, 1.165) is 19.3 Å². The SMILES string of the molecule is CC(C)(C)S(=O)(=O)CC1(NC(N)=O)CCCCC1. The number of urea groups is 1. The van der Waals surface area contributed by atoms with Gasteiger partial charge in [-0.2, -0.15) is 0 Å². The van der Waals surface area contributed by atoms with Crippen LogP contribution in [0, 0.1) is 0 Å². The molecule has 0 spiro atoms. The van der Waals surface area contributed by atoms with E-state index in [1.165, 1.54) is 0 Å². The van der Waals surface area contributed by atoms with Crippen LogP contribution in [0.15, 0.2) is 0 Å². The van der Waals surface area contributed by atoms with E-state index < -0.39 is 26.2 Å². The van der Waals surface area contributed by atoms with Crippen molar-refractivity contribution in [3.63, 3.8) is 0 Å². The predicted octanol–water partition coefficient (Wildman–Crippen LogP) is 1.57. The van der Waals surface area contributed by atoms with Gasteiger partial charge in [-0.15, -0.1) is 0 Å². The van der Waals surface area contributed by atoms with Crippen LogP contribution in [0.25, 0.3) is 0 Å². The van der Waals surface area contributed by atoms with Gasteiger partial charge in [0.1, 0.15) is 0 Å². The molecule has 1 saturated carbocycles. The molecule has 1 fully saturated rings. The number of amides is 2. The third-order valence-electron chi connectivity index (χ3n) is 3.60. The molecule has 0 bridgehead atoms. The quantitative estimate of drug-likeness (QED) is 0.820. The normalized spacial score (nSPS) is 20.4. The second kappa shape index (κ2) is 5.07. The zero-order valence-corrected chi connectivity index (χ0v) is 12.3. The highest BCUT2D eigenvalue weighted by Gasteiger charge is 2.41. The van der Waals surface area contributed by atoms with Crippen LogP contribution in [0.4, 0.5) is 4.79 Å². The second-order valence-corrected chi connectivity index (χ2v) is 8.94. The minimum absolute atomic E-state index is 0.0214. The molecule has 0 aromatic carbocycles. The number of nitrogens with two attached hydrogens (primary N) is 1. The molecule has 0 heterocycles. The molecule has 0 aliphatic heterocycles. The fraction of sp³-hybridized carbons (Fsp3) is 0.917. The van der Waals surface area contributed by atoms with E-state index in [2.05, 4.69) is 5.32 Å². The van der Waals surface area contributed by atoms with Gasteiger partial charge >= 0.3 is 6.03 Å². The van der Waals surface area contributed by atoms with Crippen LogP contribution in [-0.2, 0) is 9.84 Å². The molecule has 0 aromatic rings. The maximum Gasteiger partial charge on any atom is 0.312 e. The number of primary amides is 1. The highest BCUT2D eigenvalue weighted by molar-refractivity contribution is 7.92. The standard InChI is InChI=1S/C12H24N2O3S/c1-11(2,3)18(16,17)9-12(14-10(13)15)7-5-4-6-8-12/h4-9H2,1-3H3,(H3,13,14,15). The largest absolute Gasteiger partial charge is 0.352 e. The summed E-state index contributed by atoms with van der Waals surface area (Å²) in [5.74, 6) is -0.0214. The Morgan fingerprint density at radius 3 is 2.11 bits per heavy atom. The van der Waals surface area contributed by atoms with Crippen LogP contribution < -0.4 is 11.1 Å². The van der Waals surface area contributed by atoms with Crippen molar-refractivity contribution in [2.45, 2.75) is 63.2 Å². The van der Waals surface area contributed by atoms with Gasteiger partial charge in [0.05, 0.1) is 16.0 Å². The van der Waals surface area contributed by atoms with Gasteiger partial charge in [-0.05, 0) is 33.6 Å². The Balaban J connectivity index is 2.95. The maximum absolute atomic E-state index is 12.3. The number of hydrogen-bond acceptors (Lipinski definition) is 3. The molecule has 1 aliphatic carbocycles. The smallest absolute Gasteiger partial charge is 0.312 e. The zero-order chi connectivity index (χ0) is 14.0. The van der Waals surface area contributed by atoms with Crippen molar-refractivity contribution in [1.82, 2.24) is 5.32 Å².